The molecule has 4 rings (SSSR count). The van der Waals surface area contributed by atoms with Crippen LogP contribution in [0.15, 0.2) is 48.5 Å². The Balaban J connectivity index is 1.61. The number of imidazole rings is 1. The Morgan fingerprint density at radius 3 is 2.48 bits per heavy atom. The van der Waals surface area contributed by atoms with Crippen LogP contribution in [0.4, 0.5) is 0 Å². The average molecular weight is 439 g/mol. The Morgan fingerprint density at radius 2 is 1.84 bits per heavy atom. The number of halogens is 1. The molecule has 3 N–H and O–H groups in total. The van der Waals surface area contributed by atoms with Gasteiger partial charge in [0.05, 0.1) is 18.4 Å². The molecule has 0 radical (unpaired) electrons. The lowest BCUT2D eigenvalue weighted by atomic mass is 9.98. The quantitative estimate of drug-likeness (QED) is 0.389. The van der Waals surface area contributed by atoms with Crippen molar-refractivity contribution in [2.45, 2.75) is 39.0 Å². The number of aryl methyl sites for hydroxylation is 1. The lowest BCUT2D eigenvalue weighted by Gasteiger charge is -2.13. The van der Waals surface area contributed by atoms with E-state index in [0.717, 1.165) is 28.1 Å². The van der Waals surface area contributed by atoms with Crippen molar-refractivity contribution in [3.05, 3.63) is 70.8 Å². The molecular formula is C22H23ClN6O2. The van der Waals surface area contributed by atoms with E-state index in [2.05, 4.69) is 25.6 Å². The molecule has 0 unspecified atom stereocenters. The van der Waals surface area contributed by atoms with Gasteiger partial charge >= 0.3 is 0 Å². The molecule has 0 spiro atoms. The van der Waals surface area contributed by atoms with Gasteiger partial charge < -0.3 is 14.8 Å². The fourth-order valence-corrected chi connectivity index (χ4v) is 3.81. The molecule has 9 heteroatoms. The normalized spacial score (nSPS) is 12.3. The molecule has 0 saturated carbocycles. The first-order valence-electron chi connectivity index (χ1n) is 10.0. The Bertz CT molecular complexity index is 1140. The lowest BCUT2D eigenvalue weighted by Crippen LogP contribution is -2.11. The predicted octanol–water partition coefficient (Wildman–Crippen LogP) is 3.24. The van der Waals surface area contributed by atoms with Crippen LogP contribution in [0.25, 0.3) is 22.5 Å². The smallest absolute Gasteiger partial charge is 0.205 e. The van der Waals surface area contributed by atoms with Crippen molar-refractivity contribution in [1.82, 2.24) is 30.2 Å². The molecule has 0 amide bonds. The first-order chi connectivity index (χ1) is 15.1. The van der Waals surface area contributed by atoms with Crippen molar-refractivity contribution in [3.8, 4) is 22.5 Å². The van der Waals surface area contributed by atoms with Crippen molar-refractivity contribution >= 4 is 11.6 Å². The number of aromatic amines is 1. The van der Waals surface area contributed by atoms with Crippen LogP contribution in [-0.2, 0) is 19.6 Å². The van der Waals surface area contributed by atoms with Crippen molar-refractivity contribution < 1.29 is 10.2 Å². The summed E-state index contributed by atoms with van der Waals surface area (Å²) in [5.74, 6) is 1.30. The highest BCUT2D eigenvalue weighted by atomic mass is 35.5. The second kappa shape index (κ2) is 9.38. The summed E-state index contributed by atoms with van der Waals surface area (Å²) < 4.78 is 1.92. The van der Waals surface area contributed by atoms with Gasteiger partial charge in [0.15, 0.2) is 5.15 Å². The molecule has 8 nitrogen and oxygen atoms in total. The van der Waals surface area contributed by atoms with E-state index >= 15 is 0 Å². The second-order valence-corrected chi connectivity index (χ2v) is 7.73. The molecule has 0 aliphatic carbocycles. The zero-order valence-electron chi connectivity index (χ0n) is 17.0. The van der Waals surface area contributed by atoms with Gasteiger partial charge in [0.25, 0.3) is 0 Å². The maximum atomic E-state index is 9.77. The van der Waals surface area contributed by atoms with E-state index in [4.69, 9.17) is 11.6 Å². The third-order valence-corrected chi connectivity index (χ3v) is 5.46. The molecule has 31 heavy (non-hydrogen) atoms. The lowest BCUT2D eigenvalue weighted by molar-refractivity contribution is 0.183. The van der Waals surface area contributed by atoms with E-state index in [-0.39, 0.29) is 6.61 Å². The summed E-state index contributed by atoms with van der Waals surface area (Å²) >= 11 is 6.23. The van der Waals surface area contributed by atoms with E-state index in [1.165, 1.54) is 0 Å². The second-order valence-electron chi connectivity index (χ2n) is 7.38. The fraction of sp³-hybridized carbons (Fsp3) is 0.273. The number of nitrogens with zero attached hydrogens (tertiary/aromatic N) is 5. The van der Waals surface area contributed by atoms with Crippen LogP contribution >= 0.6 is 11.6 Å². The number of benzene rings is 2. The molecule has 1 atom stereocenters. The van der Waals surface area contributed by atoms with E-state index in [0.29, 0.717) is 36.1 Å². The van der Waals surface area contributed by atoms with Crippen LogP contribution in [0.1, 0.15) is 30.4 Å². The Hall–Kier alpha value is -3.07. The molecule has 2 aromatic heterocycles. The summed E-state index contributed by atoms with van der Waals surface area (Å²) in [4.78, 5) is 4.39. The largest absolute Gasteiger partial charge is 0.393 e. The Labute approximate surface area is 184 Å². The van der Waals surface area contributed by atoms with Gasteiger partial charge in [-0.25, -0.2) is 4.98 Å². The van der Waals surface area contributed by atoms with E-state index in [1.807, 2.05) is 53.1 Å². The minimum atomic E-state index is -0.430. The molecular weight excluding hydrogens is 416 g/mol. The van der Waals surface area contributed by atoms with E-state index in [9.17, 15) is 10.2 Å². The standard InChI is InChI=1S/C22H23ClN6O2/c1-14(31)6-11-20-24-21(23)19(13-30)29(20)12-15-7-9-16(10-8-15)17-4-2-3-5-18(17)22-25-27-28-26-22/h2-5,7-10,14,30-31H,6,11-13H2,1H3,(H,25,26,27,28)/t14-/m1/s1. The molecule has 0 fully saturated rings. The predicted molar refractivity (Wildman–Crippen MR) is 117 cm³/mol. The molecule has 160 valence electrons. The van der Waals surface area contributed by atoms with Crippen molar-refractivity contribution in [1.29, 1.82) is 0 Å². The minimum absolute atomic E-state index is 0.198. The third kappa shape index (κ3) is 4.66. The zero-order chi connectivity index (χ0) is 21.8. The highest BCUT2D eigenvalue weighted by Crippen LogP contribution is 2.30. The van der Waals surface area contributed by atoms with Gasteiger partial charge in [-0.2, -0.15) is 5.21 Å². The van der Waals surface area contributed by atoms with E-state index < -0.39 is 6.10 Å². The number of tetrazole rings is 1. The molecule has 0 bridgehead atoms. The van der Waals surface area contributed by atoms with Gasteiger partial charge in [0.2, 0.25) is 5.82 Å². The topological polar surface area (TPSA) is 113 Å². The highest BCUT2D eigenvalue weighted by molar-refractivity contribution is 6.30. The van der Waals surface area contributed by atoms with Gasteiger partial charge in [-0.05, 0) is 35.2 Å². The van der Waals surface area contributed by atoms with Crippen molar-refractivity contribution in [2.24, 2.45) is 0 Å². The minimum Gasteiger partial charge on any atom is -0.393 e. The Kier molecular flexibility index (Phi) is 6.41. The SMILES string of the molecule is C[C@@H](O)CCc1nc(Cl)c(CO)n1Cc1ccc(-c2ccccc2-c2nn[nH]n2)cc1. The van der Waals surface area contributed by atoms with Crippen LogP contribution in [0.5, 0.6) is 0 Å². The number of aromatic nitrogens is 6. The van der Waals surface area contributed by atoms with Crippen molar-refractivity contribution in [3.63, 3.8) is 0 Å². The van der Waals surface area contributed by atoms with Crippen LogP contribution in [0, 0.1) is 0 Å². The molecule has 0 aliphatic rings. The summed E-state index contributed by atoms with van der Waals surface area (Å²) in [6, 6.07) is 16.1. The third-order valence-electron chi connectivity index (χ3n) is 5.16. The summed E-state index contributed by atoms with van der Waals surface area (Å²) in [5.41, 5.74) is 4.56. The first kappa shape index (κ1) is 21.2. The highest BCUT2D eigenvalue weighted by Gasteiger charge is 2.16. The number of hydrogen-bond donors (Lipinski definition) is 3. The summed E-state index contributed by atoms with van der Waals surface area (Å²) in [7, 11) is 0. The van der Waals surface area contributed by atoms with Crippen LogP contribution in [0.3, 0.4) is 0 Å². The maximum Gasteiger partial charge on any atom is 0.205 e. The average Bonchev–Trinajstić information content (AvgIpc) is 3.41. The van der Waals surface area contributed by atoms with Gasteiger partial charge in [-0.3, -0.25) is 0 Å². The van der Waals surface area contributed by atoms with Gasteiger partial charge in [-0.15, -0.1) is 10.2 Å². The van der Waals surface area contributed by atoms with Crippen molar-refractivity contribution in [2.75, 3.05) is 0 Å². The van der Waals surface area contributed by atoms with Crippen LogP contribution in [0.2, 0.25) is 5.15 Å². The van der Waals surface area contributed by atoms with Crippen LogP contribution < -0.4 is 0 Å². The Morgan fingerprint density at radius 1 is 1.10 bits per heavy atom. The zero-order valence-corrected chi connectivity index (χ0v) is 17.8. The summed E-state index contributed by atoms with van der Waals surface area (Å²) in [5, 5.41) is 34.0. The first-order valence-corrected chi connectivity index (χ1v) is 10.4. The number of aliphatic hydroxyl groups excluding tert-OH is 2. The molecule has 2 aromatic carbocycles. The molecule has 2 heterocycles. The number of aliphatic hydroxyl groups is 2. The summed E-state index contributed by atoms with van der Waals surface area (Å²) in [6.07, 6.45) is 0.720. The molecule has 0 aliphatic heterocycles. The van der Waals surface area contributed by atoms with Crippen LogP contribution in [-0.4, -0.2) is 46.5 Å². The summed E-state index contributed by atoms with van der Waals surface area (Å²) in [6.45, 7) is 2.07. The maximum absolute atomic E-state index is 9.77. The number of H-pyrrole nitrogens is 1. The molecule has 0 saturated heterocycles. The van der Waals surface area contributed by atoms with Gasteiger partial charge in [0, 0.05) is 18.5 Å². The van der Waals surface area contributed by atoms with E-state index in [1.54, 1.807) is 6.92 Å². The molecule has 4 aromatic rings. The number of nitrogens with one attached hydrogen (secondary N) is 1. The number of rotatable bonds is 8. The van der Waals surface area contributed by atoms with Gasteiger partial charge in [-0.1, -0.05) is 60.1 Å². The number of hydrogen-bond acceptors (Lipinski definition) is 6. The fourth-order valence-electron chi connectivity index (χ4n) is 3.55. The monoisotopic (exact) mass is 438 g/mol. The van der Waals surface area contributed by atoms with Gasteiger partial charge in [0.1, 0.15) is 5.82 Å².